The van der Waals surface area contributed by atoms with Gasteiger partial charge in [-0.05, 0) is 17.0 Å². The molecule has 6 heteroatoms. The van der Waals surface area contributed by atoms with E-state index in [1.54, 1.807) is 38.3 Å². The van der Waals surface area contributed by atoms with Crippen molar-refractivity contribution in [2.75, 3.05) is 6.61 Å². The lowest BCUT2D eigenvalue weighted by Crippen LogP contribution is -2.44. The molecule has 0 spiro atoms. The first-order valence-electron chi connectivity index (χ1n) is 8.35. The van der Waals surface area contributed by atoms with Crippen LogP contribution in [-0.2, 0) is 20.7 Å². The summed E-state index contributed by atoms with van der Waals surface area (Å²) < 4.78 is 5.18. The Kier molecular flexibility index (Phi) is 6.69. The molecule has 1 atom stereocenters. The van der Waals surface area contributed by atoms with Crippen LogP contribution in [0.25, 0.3) is 0 Å². The maximum Gasteiger partial charge on any atom is 0.329 e. The van der Waals surface area contributed by atoms with Crippen LogP contribution in [-0.4, -0.2) is 30.3 Å². The summed E-state index contributed by atoms with van der Waals surface area (Å²) in [5.41, 5.74) is 0.304. The van der Waals surface area contributed by atoms with Crippen molar-refractivity contribution in [2.24, 2.45) is 5.41 Å². The molecule has 0 saturated carbocycles. The Labute approximate surface area is 157 Å². The predicted octanol–water partition coefficient (Wildman–Crippen LogP) is 3.25. The summed E-state index contributed by atoms with van der Waals surface area (Å²) in [6.07, 6.45) is 0.292. The van der Waals surface area contributed by atoms with E-state index in [9.17, 15) is 14.4 Å². The fraction of sp³-hybridized carbons (Fsp3) is 0.350. The lowest BCUT2D eigenvalue weighted by Gasteiger charge is -2.20. The summed E-state index contributed by atoms with van der Waals surface area (Å²) >= 11 is 1.29. The first-order chi connectivity index (χ1) is 12.3. The van der Waals surface area contributed by atoms with Crippen LogP contribution in [0.2, 0.25) is 0 Å². The van der Waals surface area contributed by atoms with Crippen molar-refractivity contribution in [2.45, 2.75) is 33.2 Å². The highest BCUT2D eigenvalue weighted by Gasteiger charge is 2.27. The predicted molar refractivity (Wildman–Crippen MR) is 101 cm³/mol. The molecule has 0 aliphatic rings. The van der Waals surface area contributed by atoms with Crippen molar-refractivity contribution >= 4 is 29.0 Å². The highest BCUT2D eigenvalue weighted by molar-refractivity contribution is 7.12. The molecule has 2 rings (SSSR count). The summed E-state index contributed by atoms with van der Waals surface area (Å²) in [5.74, 6) is -1.12. The number of ether oxygens (including phenoxy) is 1. The smallest absolute Gasteiger partial charge is 0.329 e. The molecule has 138 valence electrons. The van der Waals surface area contributed by atoms with E-state index in [0.29, 0.717) is 11.3 Å². The number of carbonyl (C=O) groups is 3. The molecule has 0 radical (unpaired) electrons. The van der Waals surface area contributed by atoms with Gasteiger partial charge in [-0.1, -0.05) is 57.2 Å². The Hall–Kier alpha value is -2.47. The normalized spacial score (nSPS) is 12.3. The number of benzene rings is 1. The summed E-state index contributed by atoms with van der Waals surface area (Å²) in [7, 11) is 0. The topological polar surface area (TPSA) is 72.5 Å². The summed E-state index contributed by atoms with van der Waals surface area (Å²) in [5, 5.41) is 4.51. The number of thiophene rings is 1. The molecule has 5 nitrogen and oxygen atoms in total. The monoisotopic (exact) mass is 373 g/mol. The first-order valence-corrected chi connectivity index (χ1v) is 9.23. The second-order valence-electron chi connectivity index (χ2n) is 6.97. The van der Waals surface area contributed by atoms with Crippen molar-refractivity contribution < 1.29 is 19.1 Å². The van der Waals surface area contributed by atoms with Crippen LogP contribution in [0.1, 0.15) is 36.0 Å². The third-order valence-electron chi connectivity index (χ3n) is 3.80. The van der Waals surface area contributed by atoms with Crippen LogP contribution >= 0.6 is 11.3 Å². The molecule has 0 saturated heterocycles. The number of amides is 1. The number of esters is 1. The van der Waals surface area contributed by atoms with Gasteiger partial charge in [-0.25, -0.2) is 4.79 Å². The molecule has 0 aliphatic heterocycles. The van der Waals surface area contributed by atoms with E-state index >= 15 is 0 Å². The van der Waals surface area contributed by atoms with E-state index in [-0.39, 0.29) is 18.3 Å². The first kappa shape index (κ1) is 19.8. The molecular weight excluding hydrogens is 350 g/mol. The second-order valence-corrected chi connectivity index (χ2v) is 7.92. The number of Topliss-reactive ketones (excluding diaryl/α,β-unsaturated/α-hetero) is 1. The number of hydrogen-bond acceptors (Lipinski definition) is 5. The van der Waals surface area contributed by atoms with E-state index in [2.05, 4.69) is 5.32 Å². The second kappa shape index (κ2) is 8.76. The van der Waals surface area contributed by atoms with Gasteiger partial charge in [-0.3, -0.25) is 9.59 Å². The van der Waals surface area contributed by atoms with E-state index < -0.39 is 17.4 Å². The Morgan fingerprint density at radius 2 is 1.77 bits per heavy atom. The molecule has 1 aromatic heterocycles. The Morgan fingerprint density at radius 3 is 2.35 bits per heavy atom. The number of carbonyl (C=O) groups excluding carboxylic acids is 3. The van der Waals surface area contributed by atoms with Crippen molar-refractivity contribution in [1.29, 1.82) is 0 Å². The van der Waals surface area contributed by atoms with Gasteiger partial charge in [0, 0.05) is 11.8 Å². The molecule has 1 heterocycles. The standard InChI is InChI=1S/C20H23NO4S/c1-20(2,3)17(22)13-25-19(24)15(12-14-8-5-4-6-9-14)21-18(23)16-10-7-11-26-16/h4-11,15H,12-13H2,1-3H3,(H,21,23)/t15-/m1/s1. The zero-order chi connectivity index (χ0) is 19.2. The summed E-state index contributed by atoms with van der Waals surface area (Å²) in [6.45, 7) is 5.00. The minimum atomic E-state index is -0.861. The van der Waals surface area contributed by atoms with Crippen molar-refractivity contribution in [1.82, 2.24) is 5.32 Å². The van der Waals surface area contributed by atoms with Crippen LogP contribution in [0.3, 0.4) is 0 Å². The molecule has 0 unspecified atom stereocenters. The zero-order valence-electron chi connectivity index (χ0n) is 15.2. The fourth-order valence-electron chi connectivity index (χ4n) is 2.13. The lowest BCUT2D eigenvalue weighted by atomic mass is 9.91. The number of hydrogen-bond donors (Lipinski definition) is 1. The molecule has 0 fully saturated rings. The quantitative estimate of drug-likeness (QED) is 0.756. The third-order valence-corrected chi connectivity index (χ3v) is 4.67. The summed E-state index contributed by atoms with van der Waals surface area (Å²) in [4.78, 5) is 37.3. The van der Waals surface area contributed by atoms with Crippen LogP contribution in [0.5, 0.6) is 0 Å². The average Bonchev–Trinajstić information content (AvgIpc) is 3.13. The van der Waals surface area contributed by atoms with Gasteiger partial charge < -0.3 is 10.1 Å². The lowest BCUT2D eigenvalue weighted by molar-refractivity contribution is -0.151. The third kappa shape index (κ3) is 5.81. The van der Waals surface area contributed by atoms with Gasteiger partial charge in [-0.15, -0.1) is 11.3 Å². The van der Waals surface area contributed by atoms with Gasteiger partial charge >= 0.3 is 5.97 Å². The number of nitrogens with one attached hydrogen (secondary N) is 1. The average molecular weight is 373 g/mol. The van der Waals surface area contributed by atoms with E-state index in [1.165, 1.54) is 11.3 Å². The van der Waals surface area contributed by atoms with Crippen LogP contribution < -0.4 is 5.32 Å². The Morgan fingerprint density at radius 1 is 1.08 bits per heavy atom. The van der Waals surface area contributed by atoms with Gasteiger partial charge in [0.25, 0.3) is 5.91 Å². The molecule has 0 bridgehead atoms. The number of rotatable bonds is 7. The Balaban J connectivity index is 2.07. The molecule has 0 aliphatic carbocycles. The highest BCUT2D eigenvalue weighted by atomic mass is 32.1. The molecule has 1 aromatic carbocycles. The van der Waals surface area contributed by atoms with E-state index in [4.69, 9.17) is 4.74 Å². The van der Waals surface area contributed by atoms with Crippen LogP contribution in [0.15, 0.2) is 47.8 Å². The zero-order valence-corrected chi connectivity index (χ0v) is 16.0. The largest absolute Gasteiger partial charge is 0.456 e. The van der Waals surface area contributed by atoms with Crippen molar-refractivity contribution in [3.8, 4) is 0 Å². The van der Waals surface area contributed by atoms with E-state index in [1.807, 2.05) is 30.3 Å². The minimum Gasteiger partial charge on any atom is -0.456 e. The van der Waals surface area contributed by atoms with Gasteiger partial charge in [0.05, 0.1) is 4.88 Å². The SMILES string of the molecule is CC(C)(C)C(=O)COC(=O)[C@@H](Cc1ccccc1)NC(=O)c1cccs1. The molecule has 2 aromatic rings. The number of ketones is 1. The van der Waals surface area contributed by atoms with Crippen LogP contribution in [0.4, 0.5) is 0 Å². The van der Waals surface area contributed by atoms with Gasteiger partial charge in [0.1, 0.15) is 6.04 Å². The van der Waals surface area contributed by atoms with Gasteiger partial charge in [0.15, 0.2) is 12.4 Å². The molecule has 1 amide bonds. The molecule has 26 heavy (non-hydrogen) atoms. The van der Waals surface area contributed by atoms with Crippen LogP contribution in [0, 0.1) is 5.41 Å². The molecular formula is C20H23NO4S. The maximum absolute atomic E-state index is 12.5. The van der Waals surface area contributed by atoms with Gasteiger partial charge in [-0.2, -0.15) is 0 Å². The van der Waals surface area contributed by atoms with E-state index in [0.717, 1.165) is 5.56 Å². The van der Waals surface area contributed by atoms with Gasteiger partial charge in [0.2, 0.25) is 0 Å². The fourth-order valence-corrected chi connectivity index (χ4v) is 2.76. The Bertz CT molecular complexity index is 748. The minimum absolute atomic E-state index is 0.172. The summed E-state index contributed by atoms with van der Waals surface area (Å²) in [6, 6.07) is 11.9. The molecule has 1 N–H and O–H groups in total. The highest BCUT2D eigenvalue weighted by Crippen LogP contribution is 2.15. The maximum atomic E-state index is 12.5. The van der Waals surface area contributed by atoms with Crippen molar-refractivity contribution in [3.63, 3.8) is 0 Å². The van der Waals surface area contributed by atoms with Crippen molar-refractivity contribution in [3.05, 3.63) is 58.3 Å².